The third kappa shape index (κ3) is 6.84. The summed E-state index contributed by atoms with van der Waals surface area (Å²) in [7, 11) is 0. The molecule has 0 radical (unpaired) electrons. The van der Waals surface area contributed by atoms with Crippen LogP contribution in [0.3, 0.4) is 0 Å². The molecule has 0 bridgehead atoms. The van der Waals surface area contributed by atoms with E-state index in [9.17, 15) is 4.79 Å². The van der Waals surface area contributed by atoms with Crippen LogP contribution in [0.2, 0.25) is 0 Å². The molecule has 1 aliphatic heterocycles. The molecule has 6 nitrogen and oxygen atoms in total. The van der Waals surface area contributed by atoms with Crippen molar-refractivity contribution in [3.63, 3.8) is 0 Å². The Morgan fingerprint density at radius 1 is 1.12 bits per heavy atom. The highest BCUT2D eigenvalue weighted by Gasteiger charge is 2.11. The molecule has 1 aliphatic rings. The van der Waals surface area contributed by atoms with Gasteiger partial charge < -0.3 is 18.9 Å². The van der Waals surface area contributed by atoms with E-state index in [4.69, 9.17) is 18.9 Å². The van der Waals surface area contributed by atoms with Gasteiger partial charge in [-0.2, -0.15) is 0 Å². The van der Waals surface area contributed by atoms with Crippen LogP contribution in [-0.2, 0) is 25.4 Å². The van der Waals surface area contributed by atoms with Gasteiger partial charge in [0.1, 0.15) is 19.0 Å². The van der Waals surface area contributed by atoms with E-state index in [0.717, 1.165) is 24.3 Å². The Balaban J connectivity index is 1.42. The van der Waals surface area contributed by atoms with Crippen LogP contribution >= 0.6 is 0 Å². The number of aliphatic imine (C=N–C) groups is 1. The molecule has 0 amide bonds. The zero-order valence-corrected chi connectivity index (χ0v) is 15.0. The number of nitrogens with zero attached hydrogens (tertiary/aromatic N) is 1. The molecule has 6 heteroatoms. The molecule has 1 unspecified atom stereocenters. The highest BCUT2D eigenvalue weighted by atomic mass is 16.6. The number of carbonyl (C=O) groups excluding carboxylic acids is 1. The minimum absolute atomic E-state index is 0.0541. The van der Waals surface area contributed by atoms with Gasteiger partial charge in [0.2, 0.25) is 0 Å². The predicted octanol–water partition coefficient (Wildman–Crippen LogP) is 2.95. The number of benzene rings is 1. The van der Waals surface area contributed by atoms with E-state index in [1.807, 2.05) is 38.3 Å². The molecule has 0 spiro atoms. The molecule has 0 saturated heterocycles. The molecule has 1 atom stereocenters. The molecule has 1 aromatic rings. The number of hydrogen-bond donors (Lipinski definition) is 0. The van der Waals surface area contributed by atoms with Crippen molar-refractivity contribution in [2.75, 3.05) is 39.6 Å². The van der Waals surface area contributed by atoms with Gasteiger partial charge in [0.05, 0.1) is 38.0 Å². The van der Waals surface area contributed by atoms with Gasteiger partial charge in [-0.1, -0.05) is 13.8 Å². The molecule has 2 rings (SSSR count). The van der Waals surface area contributed by atoms with Gasteiger partial charge in [0.25, 0.3) is 0 Å². The number of ether oxygens (including phenoxy) is 4. The van der Waals surface area contributed by atoms with E-state index in [0.29, 0.717) is 33.0 Å². The molecular formula is C19H27NO5. The molecule has 25 heavy (non-hydrogen) atoms. The zero-order valence-electron chi connectivity index (χ0n) is 15.0. The number of carbonyl (C=O) groups is 1. The molecule has 0 saturated carbocycles. The number of rotatable bonds is 12. The van der Waals surface area contributed by atoms with Gasteiger partial charge >= 0.3 is 5.97 Å². The lowest BCUT2D eigenvalue weighted by atomic mass is 10.1. The second-order valence-electron chi connectivity index (χ2n) is 5.86. The molecule has 0 N–H and O–H groups in total. The fourth-order valence-electron chi connectivity index (χ4n) is 2.23. The molecule has 1 aromatic carbocycles. The zero-order chi connectivity index (χ0) is 17.9. The van der Waals surface area contributed by atoms with Gasteiger partial charge in [-0.05, 0) is 30.2 Å². The van der Waals surface area contributed by atoms with Crippen molar-refractivity contribution < 1.29 is 23.7 Å². The normalized spacial score (nSPS) is 13.5. The highest BCUT2D eigenvalue weighted by molar-refractivity contribution is 5.76. The average molecular weight is 349 g/mol. The van der Waals surface area contributed by atoms with Crippen molar-refractivity contribution in [3.05, 3.63) is 23.8 Å². The summed E-state index contributed by atoms with van der Waals surface area (Å²) in [6.45, 7) is 6.44. The molecule has 1 heterocycles. The largest absolute Gasteiger partial charge is 0.491 e. The van der Waals surface area contributed by atoms with E-state index in [2.05, 4.69) is 4.99 Å². The summed E-state index contributed by atoms with van der Waals surface area (Å²) >= 11 is 0. The van der Waals surface area contributed by atoms with Crippen LogP contribution < -0.4 is 4.74 Å². The Labute approximate surface area is 149 Å². The highest BCUT2D eigenvalue weighted by Crippen LogP contribution is 2.27. The Morgan fingerprint density at radius 3 is 2.60 bits per heavy atom. The summed E-state index contributed by atoms with van der Waals surface area (Å²) in [5.41, 5.74) is 2.22. The van der Waals surface area contributed by atoms with Gasteiger partial charge in [-0.3, -0.25) is 9.79 Å². The summed E-state index contributed by atoms with van der Waals surface area (Å²) < 4.78 is 21.5. The van der Waals surface area contributed by atoms with E-state index >= 15 is 0 Å². The van der Waals surface area contributed by atoms with Crippen molar-refractivity contribution in [3.8, 4) is 5.75 Å². The lowest BCUT2D eigenvalue weighted by Gasteiger charge is -2.10. The van der Waals surface area contributed by atoms with Gasteiger partial charge in [0.15, 0.2) is 0 Å². The van der Waals surface area contributed by atoms with Crippen LogP contribution in [0.25, 0.3) is 0 Å². The average Bonchev–Trinajstić information content (AvgIpc) is 3.10. The first-order valence-corrected chi connectivity index (χ1v) is 8.81. The maximum Gasteiger partial charge on any atom is 0.308 e. The van der Waals surface area contributed by atoms with Crippen LogP contribution in [0.1, 0.15) is 25.8 Å². The topological polar surface area (TPSA) is 66.4 Å². The molecular weight excluding hydrogens is 322 g/mol. The van der Waals surface area contributed by atoms with Crippen LogP contribution in [0.5, 0.6) is 5.75 Å². The first kappa shape index (κ1) is 19.4. The van der Waals surface area contributed by atoms with Crippen LogP contribution in [-0.4, -0.2) is 51.8 Å². The third-order valence-electron chi connectivity index (χ3n) is 3.95. The lowest BCUT2D eigenvalue weighted by molar-refractivity contribution is -0.149. The summed E-state index contributed by atoms with van der Waals surface area (Å²) in [6, 6.07) is 5.91. The number of esters is 1. The van der Waals surface area contributed by atoms with E-state index < -0.39 is 0 Å². The monoisotopic (exact) mass is 349 g/mol. The van der Waals surface area contributed by atoms with Gasteiger partial charge in [0, 0.05) is 12.6 Å². The Hall–Kier alpha value is -1.92. The fraction of sp³-hybridized carbons (Fsp3) is 0.579. The fourth-order valence-corrected chi connectivity index (χ4v) is 2.23. The molecule has 0 fully saturated rings. The molecule has 0 aromatic heterocycles. The van der Waals surface area contributed by atoms with Gasteiger partial charge in [-0.25, -0.2) is 0 Å². The van der Waals surface area contributed by atoms with Crippen molar-refractivity contribution in [2.45, 2.75) is 26.7 Å². The first-order valence-electron chi connectivity index (χ1n) is 8.81. The predicted molar refractivity (Wildman–Crippen MR) is 95.8 cm³/mol. The maximum atomic E-state index is 11.4. The standard InChI is InChI=1S/C19H27NO5/c1-3-15(2)19(21)25-13-11-23-9-8-22-10-12-24-17-4-5-18-16(14-17)6-7-20-18/h4-5,7,14-15H,3,6,8-13H2,1-2H3. The van der Waals surface area contributed by atoms with Crippen LogP contribution in [0.4, 0.5) is 5.69 Å². The van der Waals surface area contributed by atoms with Gasteiger partial charge in [-0.15, -0.1) is 0 Å². The minimum atomic E-state index is -0.169. The Morgan fingerprint density at radius 2 is 1.84 bits per heavy atom. The van der Waals surface area contributed by atoms with Crippen LogP contribution in [0.15, 0.2) is 23.2 Å². The van der Waals surface area contributed by atoms with E-state index in [1.165, 1.54) is 5.56 Å². The maximum absolute atomic E-state index is 11.4. The Bertz CT molecular complexity index is 573. The Kier molecular flexibility index (Phi) is 8.42. The molecule has 0 aliphatic carbocycles. The SMILES string of the molecule is CCC(C)C(=O)OCCOCCOCCOc1ccc2c(c1)CC=N2. The second-order valence-corrected chi connectivity index (χ2v) is 5.86. The molecule has 138 valence electrons. The van der Waals surface area contributed by atoms with Crippen LogP contribution in [0, 0.1) is 5.92 Å². The lowest BCUT2D eigenvalue weighted by Crippen LogP contribution is -2.18. The smallest absolute Gasteiger partial charge is 0.308 e. The van der Waals surface area contributed by atoms with Crippen molar-refractivity contribution in [1.29, 1.82) is 0 Å². The van der Waals surface area contributed by atoms with Crippen molar-refractivity contribution >= 4 is 17.9 Å². The summed E-state index contributed by atoms with van der Waals surface area (Å²) in [5, 5.41) is 0. The summed E-state index contributed by atoms with van der Waals surface area (Å²) in [4.78, 5) is 15.7. The van der Waals surface area contributed by atoms with E-state index in [1.54, 1.807) is 0 Å². The third-order valence-corrected chi connectivity index (χ3v) is 3.95. The summed E-state index contributed by atoms with van der Waals surface area (Å²) in [5.74, 6) is 0.617. The number of fused-ring (bicyclic) bond motifs is 1. The quantitative estimate of drug-likeness (QED) is 0.429. The van der Waals surface area contributed by atoms with Crippen molar-refractivity contribution in [1.82, 2.24) is 0 Å². The first-order chi connectivity index (χ1) is 12.2. The second kappa shape index (κ2) is 10.8. The summed E-state index contributed by atoms with van der Waals surface area (Å²) in [6.07, 6.45) is 3.56. The number of hydrogen-bond acceptors (Lipinski definition) is 6. The minimum Gasteiger partial charge on any atom is -0.491 e. The van der Waals surface area contributed by atoms with Crippen molar-refractivity contribution in [2.24, 2.45) is 10.9 Å². The van der Waals surface area contributed by atoms with E-state index in [-0.39, 0.29) is 18.5 Å².